The van der Waals surface area contributed by atoms with Crippen LogP contribution in [-0.4, -0.2) is 54.2 Å². The molecule has 2 aromatic rings. The fourth-order valence-corrected chi connectivity index (χ4v) is 5.73. The molecule has 3 atom stereocenters. The Balaban J connectivity index is 2.19. The van der Waals surface area contributed by atoms with Crippen molar-refractivity contribution in [3.8, 4) is 5.75 Å². The smallest absolute Gasteiger partial charge is 0.381 e. The van der Waals surface area contributed by atoms with E-state index in [4.69, 9.17) is 18.9 Å². The van der Waals surface area contributed by atoms with Gasteiger partial charge < -0.3 is 19.7 Å². The van der Waals surface area contributed by atoms with Gasteiger partial charge in [-0.05, 0) is 62.4 Å². The molecule has 2 unspecified atom stereocenters. The monoisotopic (exact) mass is 589 g/mol. The van der Waals surface area contributed by atoms with E-state index in [1.165, 1.54) is 6.92 Å². The lowest BCUT2D eigenvalue weighted by Crippen LogP contribution is -2.32. The molecule has 0 heterocycles. The molecule has 0 aliphatic carbocycles. The fourth-order valence-electron chi connectivity index (χ4n) is 4.09. The number of aliphatic carboxylic acids is 1. The summed E-state index contributed by atoms with van der Waals surface area (Å²) in [5.74, 6) is -2.70. The van der Waals surface area contributed by atoms with Gasteiger partial charge >= 0.3 is 19.5 Å². The first kappa shape index (κ1) is 33.7. The number of carbonyl (C=O) groups is 4. The maximum atomic E-state index is 13.6. The minimum atomic E-state index is -3.92. The highest BCUT2D eigenvalue weighted by Gasteiger charge is 2.33. The van der Waals surface area contributed by atoms with E-state index in [-0.39, 0.29) is 43.7 Å². The van der Waals surface area contributed by atoms with Crippen LogP contribution in [0.15, 0.2) is 48.5 Å². The first-order valence-corrected chi connectivity index (χ1v) is 15.4. The number of carboxylic acids is 1. The summed E-state index contributed by atoms with van der Waals surface area (Å²) in [4.78, 5) is 49.2. The van der Waals surface area contributed by atoms with Crippen molar-refractivity contribution in [1.29, 1.82) is 0 Å². The van der Waals surface area contributed by atoms with Crippen LogP contribution in [0.1, 0.15) is 74.9 Å². The van der Waals surface area contributed by atoms with E-state index in [1.807, 2.05) is 19.9 Å². The van der Waals surface area contributed by atoms with Crippen molar-refractivity contribution < 1.29 is 42.6 Å². The number of ketones is 1. The molecule has 0 radical (unpaired) electrons. The van der Waals surface area contributed by atoms with Crippen LogP contribution in [0.25, 0.3) is 0 Å². The van der Waals surface area contributed by atoms with Gasteiger partial charge in [-0.2, -0.15) is 0 Å². The molecule has 0 saturated heterocycles. The average Bonchev–Trinajstić information content (AvgIpc) is 2.91. The molecule has 0 aromatic heterocycles. The minimum absolute atomic E-state index is 0.101. The van der Waals surface area contributed by atoms with Crippen LogP contribution in [0.5, 0.6) is 5.75 Å². The standard InChI is InChI=1S/C30H40NO9P/c1-6-38-30(36)22(5)39-41(37,40-24-10-8-7-9-11-24)17-16-31-29(35)21(4)25-13-12-23(18-20(2)3)19-26(25)27(32)14-15-28(33)34/h7-13,19-22H,6,14-18H2,1-5H3,(H,31,35)(H,33,34)/t21?,22-,41?/m0/s1. The van der Waals surface area contributed by atoms with Gasteiger partial charge in [-0.1, -0.05) is 44.2 Å². The lowest BCUT2D eigenvalue weighted by atomic mass is 9.88. The predicted molar refractivity (Wildman–Crippen MR) is 154 cm³/mol. The number of carbonyl (C=O) groups excluding carboxylic acids is 3. The van der Waals surface area contributed by atoms with E-state index in [0.717, 1.165) is 12.0 Å². The predicted octanol–water partition coefficient (Wildman–Crippen LogP) is 5.39. The van der Waals surface area contributed by atoms with Crippen molar-refractivity contribution in [2.24, 2.45) is 5.92 Å². The molecule has 1 amide bonds. The maximum absolute atomic E-state index is 13.6. The van der Waals surface area contributed by atoms with Crippen molar-refractivity contribution in [1.82, 2.24) is 5.32 Å². The van der Waals surface area contributed by atoms with Gasteiger partial charge in [0.15, 0.2) is 11.9 Å². The molecule has 0 spiro atoms. The summed E-state index contributed by atoms with van der Waals surface area (Å²) >= 11 is 0. The van der Waals surface area contributed by atoms with Crippen LogP contribution >= 0.6 is 7.60 Å². The molecular formula is C30H40NO9P. The van der Waals surface area contributed by atoms with E-state index >= 15 is 0 Å². The lowest BCUT2D eigenvalue weighted by molar-refractivity contribution is -0.150. The van der Waals surface area contributed by atoms with Crippen molar-refractivity contribution in [3.05, 3.63) is 65.2 Å². The molecule has 2 N–H and O–H groups in total. The number of hydrogen-bond acceptors (Lipinski definition) is 8. The number of benzene rings is 2. The highest BCUT2D eigenvalue weighted by molar-refractivity contribution is 7.54. The van der Waals surface area contributed by atoms with Crippen molar-refractivity contribution >= 4 is 31.2 Å². The summed E-state index contributed by atoms with van der Waals surface area (Å²) in [6.07, 6.45) is -1.17. The summed E-state index contributed by atoms with van der Waals surface area (Å²) < 4.78 is 29.8. The van der Waals surface area contributed by atoms with Gasteiger partial charge in [0.05, 0.1) is 25.1 Å². The number of para-hydroxylation sites is 1. The fraction of sp³-hybridized carbons (Fsp3) is 0.467. The number of rotatable bonds is 17. The van der Waals surface area contributed by atoms with E-state index in [9.17, 15) is 23.7 Å². The molecule has 10 nitrogen and oxygen atoms in total. The topological polar surface area (TPSA) is 145 Å². The second kappa shape index (κ2) is 16.1. The molecule has 0 aliphatic heterocycles. The highest BCUT2D eigenvalue weighted by atomic mass is 31.2. The van der Waals surface area contributed by atoms with E-state index in [0.29, 0.717) is 17.0 Å². The van der Waals surface area contributed by atoms with E-state index in [1.54, 1.807) is 56.3 Å². The molecule has 0 saturated carbocycles. The van der Waals surface area contributed by atoms with Crippen molar-refractivity contribution in [3.63, 3.8) is 0 Å². The summed E-state index contributed by atoms with van der Waals surface area (Å²) in [6.45, 7) is 8.82. The van der Waals surface area contributed by atoms with Gasteiger partial charge in [0.25, 0.3) is 0 Å². The summed E-state index contributed by atoms with van der Waals surface area (Å²) in [6, 6.07) is 13.7. The molecule has 0 bridgehead atoms. The van der Waals surface area contributed by atoms with Gasteiger partial charge in [-0.15, -0.1) is 0 Å². The quantitative estimate of drug-likeness (QED) is 0.141. The Kier molecular flexibility index (Phi) is 13.2. The van der Waals surface area contributed by atoms with Crippen LogP contribution in [0.4, 0.5) is 0 Å². The molecule has 0 aliphatic rings. The molecule has 11 heteroatoms. The van der Waals surface area contributed by atoms with Gasteiger partial charge in [0, 0.05) is 18.5 Å². The Bertz CT molecular complexity index is 1250. The van der Waals surface area contributed by atoms with E-state index in [2.05, 4.69) is 5.32 Å². The zero-order valence-electron chi connectivity index (χ0n) is 24.3. The van der Waals surface area contributed by atoms with Gasteiger partial charge in [-0.3, -0.25) is 18.9 Å². The van der Waals surface area contributed by atoms with Crippen LogP contribution in [0, 0.1) is 5.92 Å². The highest BCUT2D eigenvalue weighted by Crippen LogP contribution is 2.49. The molecule has 2 rings (SSSR count). The Hall–Kier alpha value is -3.49. The van der Waals surface area contributed by atoms with Gasteiger partial charge in [0.1, 0.15) is 5.75 Å². The summed E-state index contributed by atoms with van der Waals surface area (Å²) in [5, 5.41) is 11.8. The molecule has 224 valence electrons. The third-order valence-corrected chi connectivity index (χ3v) is 8.00. The Morgan fingerprint density at radius 1 is 0.976 bits per heavy atom. The first-order chi connectivity index (χ1) is 19.3. The summed E-state index contributed by atoms with van der Waals surface area (Å²) in [5.41, 5.74) is 1.71. The maximum Gasteiger partial charge on any atom is 0.381 e. The van der Waals surface area contributed by atoms with Crippen molar-refractivity contribution in [2.75, 3.05) is 19.3 Å². The Morgan fingerprint density at radius 3 is 2.27 bits per heavy atom. The van der Waals surface area contributed by atoms with Gasteiger partial charge in [0.2, 0.25) is 5.91 Å². The number of Topliss-reactive ketones (excluding diaryl/α,β-unsaturated/α-hetero) is 1. The van der Waals surface area contributed by atoms with Crippen LogP contribution in [0.3, 0.4) is 0 Å². The molecule has 0 fully saturated rings. The van der Waals surface area contributed by atoms with Crippen LogP contribution < -0.4 is 9.84 Å². The zero-order valence-corrected chi connectivity index (χ0v) is 25.1. The Morgan fingerprint density at radius 2 is 1.66 bits per heavy atom. The lowest BCUT2D eigenvalue weighted by Gasteiger charge is -2.23. The second-order valence-electron chi connectivity index (χ2n) is 10.1. The Labute approximate surface area is 241 Å². The van der Waals surface area contributed by atoms with E-state index < -0.39 is 37.5 Å². The van der Waals surface area contributed by atoms with Crippen LogP contribution in [0.2, 0.25) is 0 Å². The first-order valence-electron chi connectivity index (χ1n) is 13.7. The number of amides is 1. The molecule has 2 aromatic carbocycles. The number of nitrogens with one attached hydrogen (secondary N) is 1. The number of carboxylic acid groups (broad SMARTS) is 1. The largest absolute Gasteiger partial charge is 0.481 e. The number of ether oxygens (including phenoxy) is 1. The number of esters is 1. The number of hydrogen-bond donors (Lipinski definition) is 2. The van der Waals surface area contributed by atoms with Crippen LogP contribution in [-0.2, 0) is 34.6 Å². The normalized spacial score (nSPS) is 14.0. The molecule has 41 heavy (non-hydrogen) atoms. The minimum Gasteiger partial charge on any atom is -0.481 e. The van der Waals surface area contributed by atoms with Crippen molar-refractivity contribution in [2.45, 2.75) is 65.9 Å². The SMILES string of the molecule is CCOC(=O)[C@H](C)OP(=O)(CCNC(=O)C(C)c1ccc(CC(C)C)cc1C(=O)CCC(=O)O)Oc1ccccc1. The third-order valence-electron chi connectivity index (χ3n) is 6.10. The summed E-state index contributed by atoms with van der Waals surface area (Å²) in [7, 11) is -3.92. The van der Waals surface area contributed by atoms with Gasteiger partial charge in [-0.25, -0.2) is 9.36 Å². The third kappa shape index (κ3) is 11.1. The zero-order chi connectivity index (χ0) is 30.6. The molecular weight excluding hydrogens is 549 g/mol. The average molecular weight is 590 g/mol. The second-order valence-corrected chi connectivity index (χ2v) is 12.2.